The van der Waals surface area contributed by atoms with E-state index in [-0.39, 0.29) is 0 Å². The molecule has 3 heteroatoms. The molecular formula is C17H24BrNS. The Balaban J connectivity index is 1.54. The van der Waals surface area contributed by atoms with Crippen LogP contribution < -0.4 is 5.32 Å². The minimum absolute atomic E-state index is 0.681. The van der Waals surface area contributed by atoms with Gasteiger partial charge in [-0.1, -0.05) is 0 Å². The Morgan fingerprint density at radius 3 is 2.35 bits per heavy atom. The average molecular weight is 354 g/mol. The summed E-state index contributed by atoms with van der Waals surface area (Å²) < 4.78 is 1.31. The highest BCUT2D eigenvalue weighted by molar-refractivity contribution is 9.10. The first-order valence-corrected chi connectivity index (χ1v) is 9.81. The molecule has 4 fully saturated rings. The van der Waals surface area contributed by atoms with Crippen molar-refractivity contribution < 1.29 is 0 Å². The minimum atomic E-state index is 0.681. The first-order valence-electron chi connectivity index (χ1n) is 8.13. The van der Waals surface area contributed by atoms with Crippen molar-refractivity contribution in [1.29, 1.82) is 0 Å². The van der Waals surface area contributed by atoms with Gasteiger partial charge in [-0.25, -0.2) is 0 Å². The maximum atomic E-state index is 3.71. The zero-order valence-electron chi connectivity index (χ0n) is 12.1. The molecule has 1 aromatic heterocycles. The van der Waals surface area contributed by atoms with Gasteiger partial charge >= 0.3 is 0 Å². The summed E-state index contributed by atoms with van der Waals surface area (Å²) in [7, 11) is 2.18. The van der Waals surface area contributed by atoms with Crippen molar-refractivity contribution in [3.63, 3.8) is 0 Å². The number of hydrogen-bond donors (Lipinski definition) is 1. The lowest BCUT2D eigenvalue weighted by atomic mass is 9.50. The lowest BCUT2D eigenvalue weighted by Gasteiger charge is -2.56. The van der Waals surface area contributed by atoms with Crippen LogP contribution in [0.5, 0.6) is 0 Å². The Morgan fingerprint density at radius 2 is 1.85 bits per heavy atom. The van der Waals surface area contributed by atoms with E-state index >= 15 is 0 Å². The standard InChI is InChI=1S/C17H24BrNS/c1-19-15(9-16-14(18)2-3-20-16)17-12-5-10-4-11(7-12)8-13(17)6-10/h2-3,10-13,15,17,19H,4-9H2,1H3. The Bertz CT molecular complexity index is 455. The van der Waals surface area contributed by atoms with Gasteiger partial charge < -0.3 is 5.32 Å². The topological polar surface area (TPSA) is 12.0 Å². The van der Waals surface area contributed by atoms with Gasteiger partial charge in [0.25, 0.3) is 0 Å². The molecule has 0 amide bonds. The Hall–Kier alpha value is 0.140. The largest absolute Gasteiger partial charge is 0.316 e. The summed E-state index contributed by atoms with van der Waals surface area (Å²) in [5, 5.41) is 5.89. The zero-order chi connectivity index (χ0) is 13.7. The van der Waals surface area contributed by atoms with Gasteiger partial charge in [-0.2, -0.15) is 0 Å². The van der Waals surface area contributed by atoms with E-state index in [9.17, 15) is 0 Å². The van der Waals surface area contributed by atoms with Gasteiger partial charge in [-0.15, -0.1) is 11.3 Å². The molecule has 0 saturated heterocycles. The molecule has 0 aliphatic heterocycles. The summed E-state index contributed by atoms with van der Waals surface area (Å²) in [5.41, 5.74) is 0. The maximum absolute atomic E-state index is 3.71. The highest BCUT2D eigenvalue weighted by Crippen LogP contribution is 2.57. The second kappa shape index (κ2) is 5.40. The van der Waals surface area contributed by atoms with Crippen molar-refractivity contribution in [3.8, 4) is 0 Å². The molecule has 0 spiro atoms. The summed E-state index contributed by atoms with van der Waals surface area (Å²) >= 11 is 5.62. The van der Waals surface area contributed by atoms with E-state index in [0.29, 0.717) is 6.04 Å². The lowest BCUT2D eigenvalue weighted by molar-refractivity contribution is -0.0506. The molecule has 1 nitrogen and oxygen atoms in total. The van der Waals surface area contributed by atoms with Gasteiger partial charge in [0, 0.05) is 15.4 Å². The predicted molar refractivity (Wildman–Crippen MR) is 89.1 cm³/mol. The summed E-state index contributed by atoms with van der Waals surface area (Å²) in [6, 6.07) is 2.88. The molecule has 1 N–H and O–H groups in total. The molecular weight excluding hydrogens is 330 g/mol. The Morgan fingerprint density at radius 1 is 1.20 bits per heavy atom. The summed E-state index contributed by atoms with van der Waals surface area (Å²) in [6.07, 6.45) is 8.88. The van der Waals surface area contributed by atoms with Crippen LogP contribution in [0.4, 0.5) is 0 Å². The summed E-state index contributed by atoms with van der Waals surface area (Å²) in [6.45, 7) is 0. The van der Waals surface area contributed by atoms with Crippen LogP contribution in [0, 0.1) is 29.6 Å². The Kier molecular flexibility index (Phi) is 3.72. The maximum Gasteiger partial charge on any atom is 0.0314 e. The molecule has 4 bridgehead atoms. The van der Waals surface area contributed by atoms with Crippen LogP contribution in [-0.2, 0) is 6.42 Å². The minimum Gasteiger partial charge on any atom is -0.316 e. The van der Waals surface area contributed by atoms with Crippen LogP contribution in [0.3, 0.4) is 0 Å². The first-order chi connectivity index (χ1) is 9.74. The molecule has 1 heterocycles. The van der Waals surface area contributed by atoms with Gasteiger partial charge in [0.05, 0.1) is 0 Å². The third-order valence-electron chi connectivity index (χ3n) is 6.23. The molecule has 1 aromatic rings. The molecule has 20 heavy (non-hydrogen) atoms. The van der Waals surface area contributed by atoms with Crippen molar-refractivity contribution in [2.45, 2.75) is 44.6 Å². The number of rotatable bonds is 4. The molecule has 110 valence electrons. The van der Waals surface area contributed by atoms with Crippen molar-refractivity contribution >= 4 is 27.3 Å². The van der Waals surface area contributed by atoms with Gasteiger partial charge in [-0.05, 0) is 103 Å². The highest BCUT2D eigenvalue weighted by atomic mass is 79.9. The first kappa shape index (κ1) is 13.8. The third kappa shape index (κ3) is 2.30. The van der Waals surface area contributed by atoms with Gasteiger partial charge in [0.1, 0.15) is 0 Å². The van der Waals surface area contributed by atoms with E-state index in [4.69, 9.17) is 0 Å². The van der Waals surface area contributed by atoms with Crippen LogP contribution in [0.1, 0.15) is 37.0 Å². The number of hydrogen-bond acceptors (Lipinski definition) is 2. The smallest absolute Gasteiger partial charge is 0.0314 e. The van der Waals surface area contributed by atoms with E-state index in [0.717, 1.165) is 29.6 Å². The van der Waals surface area contributed by atoms with Crippen molar-refractivity contribution in [2.24, 2.45) is 29.6 Å². The normalized spacial score (nSPS) is 40.2. The molecule has 4 aliphatic carbocycles. The monoisotopic (exact) mass is 353 g/mol. The fourth-order valence-corrected chi connectivity index (χ4v) is 7.30. The predicted octanol–water partition coefficient (Wildman–Crippen LogP) is 4.71. The van der Waals surface area contributed by atoms with E-state index in [1.165, 1.54) is 41.5 Å². The van der Waals surface area contributed by atoms with Gasteiger partial charge in [0.2, 0.25) is 0 Å². The van der Waals surface area contributed by atoms with E-state index < -0.39 is 0 Å². The third-order valence-corrected chi connectivity index (χ3v) is 8.18. The summed E-state index contributed by atoms with van der Waals surface area (Å²) in [5.74, 6) is 5.13. The molecule has 1 unspecified atom stereocenters. The van der Waals surface area contributed by atoms with Gasteiger partial charge in [-0.3, -0.25) is 0 Å². The molecule has 0 aromatic carbocycles. The second-order valence-corrected chi connectivity index (χ2v) is 9.15. The van der Waals surface area contributed by atoms with E-state index in [1.807, 2.05) is 11.3 Å². The van der Waals surface area contributed by atoms with Crippen LogP contribution in [0.25, 0.3) is 0 Å². The van der Waals surface area contributed by atoms with Crippen LogP contribution in [0.15, 0.2) is 15.9 Å². The molecule has 4 aliphatic rings. The van der Waals surface area contributed by atoms with Crippen LogP contribution in [-0.4, -0.2) is 13.1 Å². The number of thiophene rings is 1. The highest BCUT2D eigenvalue weighted by Gasteiger charge is 2.50. The van der Waals surface area contributed by atoms with Crippen molar-refractivity contribution in [1.82, 2.24) is 5.32 Å². The number of nitrogens with one attached hydrogen (secondary N) is 1. The van der Waals surface area contributed by atoms with Crippen LogP contribution in [0.2, 0.25) is 0 Å². The van der Waals surface area contributed by atoms with Gasteiger partial charge in [0.15, 0.2) is 0 Å². The number of halogens is 1. The van der Waals surface area contributed by atoms with Crippen LogP contribution >= 0.6 is 27.3 Å². The molecule has 5 rings (SSSR count). The summed E-state index contributed by atoms with van der Waals surface area (Å²) in [4.78, 5) is 1.53. The lowest BCUT2D eigenvalue weighted by Crippen LogP contribution is -2.53. The number of likely N-dealkylation sites (N-methyl/N-ethyl adjacent to an activating group) is 1. The fraction of sp³-hybridized carbons (Fsp3) is 0.765. The Labute approximate surface area is 134 Å². The molecule has 4 saturated carbocycles. The van der Waals surface area contributed by atoms with E-state index in [2.05, 4.69) is 39.7 Å². The quantitative estimate of drug-likeness (QED) is 0.825. The molecule has 1 atom stereocenters. The fourth-order valence-electron chi connectivity index (χ4n) is 5.73. The molecule has 0 radical (unpaired) electrons. The SMILES string of the molecule is CNC(Cc1sccc1Br)C1C2CC3CC(C2)CC1C3. The zero-order valence-corrected chi connectivity index (χ0v) is 14.6. The second-order valence-electron chi connectivity index (χ2n) is 7.30. The average Bonchev–Trinajstić information content (AvgIpc) is 2.81. The van der Waals surface area contributed by atoms with Crippen molar-refractivity contribution in [2.75, 3.05) is 7.05 Å². The van der Waals surface area contributed by atoms with E-state index in [1.54, 1.807) is 6.42 Å². The van der Waals surface area contributed by atoms with Crippen molar-refractivity contribution in [3.05, 3.63) is 20.8 Å².